The molecule has 0 aliphatic carbocycles. The fraction of sp³-hybridized carbons (Fsp3) is 0.500. The standard InChI is InChI=1S/C12H14F6N2/c1-19-6-8-3-4-10(9(5-8)12(16,17)18)20(2)7-11(13,14)15/h3-5,19H,6-7H2,1-2H3. The minimum atomic E-state index is -4.71. The molecular formula is C12H14F6N2. The fourth-order valence-corrected chi connectivity index (χ4v) is 1.81. The maximum Gasteiger partial charge on any atom is 0.418 e. The third-order valence-corrected chi connectivity index (χ3v) is 2.57. The molecule has 1 rings (SSSR count). The SMILES string of the molecule is CNCc1ccc(N(C)CC(F)(F)F)c(C(F)(F)F)c1. The van der Waals surface area contributed by atoms with Crippen LogP contribution in [0.3, 0.4) is 0 Å². The van der Waals surface area contributed by atoms with Gasteiger partial charge >= 0.3 is 12.4 Å². The van der Waals surface area contributed by atoms with Gasteiger partial charge in [-0.2, -0.15) is 26.3 Å². The Hall–Kier alpha value is -1.44. The van der Waals surface area contributed by atoms with Gasteiger partial charge in [0.25, 0.3) is 0 Å². The lowest BCUT2D eigenvalue weighted by molar-refractivity contribution is -0.138. The van der Waals surface area contributed by atoms with Gasteiger partial charge in [0.05, 0.1) is 5.56 Å². The zero-order valence-corrected chi connectivity index (χ0v) is 10.9. The van der Waals surface area contributed by atoms with Crippen LogP contribution in [0.1, 0.15) is 11.1 Å². The largest absolute Gasteiger partial charge is 0.418 e. The van der Waals surface area contributed by atoms with Gasteiger partial charge in [0, 0.05) is 19.3 Å². The first-order valence-corrected chi connectivity index (χ1v) is 5.67. The van der Waals surface area contributed by atoms with Crippen LogP contribution in [-0.2, 0) is 12.7 Å². The van der Waals surface area contributed by atoms with Gasteiger partial charge in [0.2, 0.25) is 0 Å². The van der Waals surface area contributed by atoms with Gasteiger partial charge in [-0.1, -0.05) is 6.07 Å². The van der Waals surface area contributed by atoms with E-state index in [1.165, 1.54) is 6.07 Å². The number of benzene rings is 1. The van der Waals surface area contributed by atoms with Crippen LogP contribution in [0.2, 0.25) is 0 Å². The number of nitrogens with zero attached hydrogens (tertiary/aromatic N) is 1. The Labute approximate surface area is 112 Å². The summed E-state index contributed by atoms with van der Waals surface area (Å²) in [5, 5.41) is 2.69. The summed E-state index contributed by atoms with van der Waals surface area (Å²) >= 11 is 0. The lowest BCUT2D eigenvalue weighted by atomic mass is 10.1. The van der Waals surface area contributed by atoms with E-state index in [4.69, 9.17) is 0 Å². The number of nitrogens with one attached hydrogen (secondary N) is 1. The smallest absolute Gasteiger partial charge is 0.365 e. The van der Waals surface area contributed by atoms with Crippen molar-refractivity contribution in [2.75, 3.05) is 25.5 Å². The number of rotatable bonds is 4. The monoisotopic (exact) mass is 300 g/mol. The van der Waals surface area contributed by atoms with Gasteiger partial charge in [-0.25, -0.2) is 0 Å². The topological polar surface area (TPSA) is 15.3 Å². The summed E-state index contributed by atoms with van der Waals surface area (Å²) in [7, 11) is 2.55. The van der Waals surface area contributed by atoms with E-state index in [0.717, 1.165) is 19.2 Å². The summed E-state index contributed by atoms with van der Waals surface area (Å²) < 4.78 is 75.7. The van der Waals surface area contributed by atoms with Crippen molar-refractivity contribution in [3.63, 3.8) is 0 Å². The second-order valence-electron chi connectivity index (χ2n) is 4.35. The maximum atomic E-state index is 12.9. The summed E-state index contributed by atoms with van der Waals surface area (Å²) in [5.74, 6) is 0. The molecule has 0 atom stereocenters. The molecule has 0 saturated carbocycles. The molecule has 0 unspecified atom stereocenters. The van der Waals surface area contributed by atoms with Crippen LogP contribution in [0.5, 0.6) is 0 Å². The van der Waals surface area contributed by atoms with Gasteiger partial charge in [0.15, 0.2) is 0 Å². The molecule has 0 saturated heterocycles. The maximum absolute atomic E-state index is 12.9. The van der Waals surface area contributed by atoms with E-state index >= 15 is 0 Å². The molecule has 0 aliphatic rings. The van der Waals surface area contributed by atoms with Crippen molar-refractivity contribution in [3.8, 4) is 0 Å². The Morgan fingerprint density at radius 3 is 2.15 bits per heavy atom. The highest BCUT2D eigenvalue weighted by molar-refractivity contribution is 5.56. The first kappa shape index (κ1) is 16.6. The van der Waals surface area contributed by atoms with Crippen LogP contribution in [0.4, 0.5) is 32.0 Å². The van der Waals surface area contributed by atoms with Crippen molar-refractivity contribution in [1.82, 2.24) is 5.32 Å². The fourth-order valence-electron chi connectivity index (χ4n) is 1.81. The molecule has 114 valence electrons. The van der Waals surface area contributed by atoms with E-state index in [0.29, 0.717) is 10.5 Å². The van der Waals surface area contributed by atoms with Crippen molar-refractivity contribution >= 4 is 5.69 Å². The summed E-state index contributed by atoms with van der Waals surface area (Å²) in [4.78, 5) is 0.548. The number of hydrogen-bond acceptors (Lipinski definition) is 2. The van der Waals surface area contributed by atoms with E-state index in [2.05, 4.69) is 5.32 Å². The highest BCUT2D eigenvalue weighted by atomic mass is 19.4. The van der Waals surface area contributed by atoms with E-state index in [1.807, 2.05) is 0 Å². The molecule has 0 spiro atoms. The lowest BCUT2D eigenvalue weighted by Crippen LogP contribution is -2.32. The third-order valence-electron chi connectivity index (χ3n) is 2.57. The molecule has 0 heterocycles. The highest BCUT2D eigenvalue weighted by Crippen LogP contribution is 2.37. The molecule has 2 nitrogen and oxygen atoms in total. The van der Waals surface area contributed by atoms with Crippen LogP contribution in [0.15, 0.2) is 18.2 Å². The second-order valence-corrected chi connectivity index (χ2v) is 4.35. The molecule has 1 aromatic carbocycles. The predicted octanol–water partition coefficient (Wildman–Crippen LogP) is 3.42. The van der Waals surface area contributed by atoms with E-state index in [9.17, 15) is 26.3 Å². The van der Waals surface area contributed by atoms with E-state index in [1.54, 1.807) is 7.05 Å². The van der Waals surface area contributed by atoms with Gasteiger partial charge < -0.3 is 10.2 Å². The minimum absolute atomic E-state index is 0.201. The Morgan fingerprint density at radius 2 is 1.70 bits per heavy atom. The molecule has 20 heavy (non-hydrogen) atoms. The van der Waals surface area contributed by atoms with Gasteiger partial charge in [-0.15, -0.1) is 0 Å². The van der Waals surface area contributed by atoms with E-state index in [-0.39, 0.29) is 6.54 Å². The highest BCUT2D eigenvalue weighted by Gasteiger charge is 2.37. The number of halogens is 6. The first-order chi connectivity index (χ1) is 9.04. The van der Waals surface area contributed by atoms with Crippen LogP contribution in [0.25, 0.3) is 0 Å². The number of alkyl halides is 6. The quantitative estimate of drug-likeness (QED) is 0.857. The van der Waals surface area contributed by atoms with Gasteiger partial charge in [-0.05, 0) is 24.7 Å². The molecule has 0 fully saturated rings. The Kier molecular flexibility index (Phi) is 4.90. The number of hydrogen-bond donors (Lipinski definition) is 1. The minimum Gasteiger partial charge on any atom is -0.365 e. The molecular weight excluding hydrogens is 286 g/mol. The van der Waals surface area contributed by atoms with Crippen molar-refractivity contribution in [2.45, 2.75) is 18.9 Å². The third kappa shape index (κ3) is 4.59. The zero-order chi connectivity index (χ0) is 15.6. The van der Waals surface area contributed by atoms with E-state index < -0.39 is 30.1 Å². The molecule has 0 radical (unpaired) electrons. The Morgan fingerprint density at radius 1 is 1.10 bits per heavy atom. The van der Waals surface area contributed by atoms with Crippen molar-refractivity contribution in [2.24, 2.45) is 0 Å². The summed E-state index contributed by atoms with van der Waals surface area (Å²) in [6, 6.07) is 3.29. The van der Waals surface area contributed by atoms with Crippen molar-refractivity contribution in [1.29, 1.82) is 0 Å². The Balaban J connectivity index is 3.18. The molecule has 0 amide bonds. The van der Waals surface area contributed by atoms with Crippen LogP contribution in [-0.4, -0.2) is 26.8 Å². The zero-order valence-electron chi connectivity index (χ0n) is 10.9. The molecule has 1 aromatic rings. The second kappa shape index (κ2) is 5.90. The summed E-state index contributed by atoms with van der Waals surface area (Å²) in [5.41, 5.74) is -1.21. The normalized spacial score (nSPS) is 12.6. The van der Waals surface area contributed by atoms with Gasteiger partial charge in [0.1, 0.15) is 6.54 Å². The average Bonchev–Trinajstić information content (AvgIpc) is 2.25. The van der Waals surface area contributed by atoms with Crippen molar-refractivity contribution in [3.05, 3.63) is 29.3 Å². The van der Waals surface area contributed by atoms with Crippen molar-refractivity contribution < 1.29 is 26.3 Å². The molecule has 0 aliphatic heterocycles. The Bertz CT molecular complexity index is 452. The summed E-state index contributed by atoms with van der Waals surface area (Å²) in [6.07, 6.45) is -9.28. The molecule has 1 N–H and O–H groups in total. The lowest BCUT2D eigenvalue weighted by Gasteiger charge is -2.25. The predicted molar refractivity (Wildman–Crippen MR) is 63.5 cm³/mol. The molecule has 0 bridgehead atoms. The summed E-state index contributed by atoms with van der Waals surface area (Å²) in [6.45, 7) is -1.24. The molecule has 0 aromatic heterocycles. The number of anilines is 1. The molecule has 8 heteroatoms. The van der Waals surface area contributed by atoms with Crippen LogP contribution in [0, 0.1) is 0 Å². The first-order valence-electron chi connectivity index (χ1n) is 5.67. The average molecular weight is 300 g/mol. The van der Waals surface area contributed by atoms with Crippen LogP contribution >= 0.6 is 0 Å². The van der Waals surface area contributed by atoms with Gasteiger partial charge in [-0.3, -0.25) is 0 Å². The van der Waals surface area contributed by atoms with Crippen LogP contribution < -0.4 is 10.2 Å².